The normalized spacial score (nSPS) is 45.5. The van der Waals surface area contributed by atoms with Gasteiger partial charge < -0.3 is 4.74 Å². The first-order valence-electron chi connectivity index (χ1n) is 4.43. The van der Waals surface area contributed by atoms with Crippen molar-refractivity contribution in [2.75, 3.05) is 6.61 Å². The highest BCUT2D eigenvalue weighted by Crippen LogP contribution is 2.63. The topological polar surface area (TPSA) is 9.23 Å². The van der Waals surface area contributed by atoms with Crippen molar-refractivity contribution in [3.63, 3.8) is 0 Å². The molecule has 2 saturated heterocycles. The largest absolute Gasteiger partial charge is 0.368 e. The summed E-state index contributed by atoms with van der Waals surface area (Å²) in [6.07, 6.45) is -1.17. The van der Waals surface area contributed by atoms with E-state index in [1.165, 1.54) is 0 Å². The predicted molar refractivity (Wildman–Crippen MR) is 41.2 cm³/mol. The summed E-state index contributed by atoms with van der Waals surface area (Å²) in [5, 5.41) is 0. The van der Waals surface area contributed by atoms with Crippen LogP contribution >= 0.6 is 0 Å². The molecule has 0 aromatic heterocycles. The fraction of sp³-hybridized carbons (Fsp3) is 1.00. The molecule has 0 aromatic rings. The molecule has 0 atom stereocenters. The van der Waals surface area contributed by atoms with Gasteiger partial charge in [0.25, 0.3) is 6.43 Å². The second kappa shape index (κ2) is 2.19. The van der Waals surface area contributed by atoms with Crippen LogP contribution in [-0.4, -0.2) is 18.6 Å². The van der Waals surface area contributed by atoms with Crippen LogP contribution in [0.2, 0.25) is 0 Å². The number of ether oxygens (including phenoxy) is 1. The van der Waals surface area contributed by atoms with Gasteiger partial charge in [-0.3, -0.25) is 0 Å². The van der Waals surface area contributed by atoms with Crippen LogP contribution in [0, 0.1) is 11.3 Å². The van der Waals surface area contributed by atoms with Crippen LogP contribution in [0.3, 0.4) is 0 Å². The van der Waals surface area contributed by atoms with Gasteiger partial charge in [-0.05, 0) is 18.8 Å². The quantitative estimate of drug-likeness (QED) is 0.628. The van der Waals surface area contributed by atoms with Gasteiger partial charge in [-0.2, -0.15) is 0 Å². The average Bonchev–Trinajstić information content (AvgIpc) is 2.37. The molecule has 0 aromatic carbocycles. The predicted octanol–water partition coefficient (Wildman–Crippen LogP) is 2.46. The molecule has 3 fully saturated rings. The number of hydrogen-bond acceptors (Lipinski definition) is 1. The van der Waals surface area contributed by atoms with Gasteiger partial charge in [-0.1, -0.05) is 13.8 Å². The van der Waals surface area contributed by atoms with Crippen molar-refractivity contribution in [2.45, 2.75) is 38.7 Å². The van der Waals surface area contributed by atoms with Crippen molar-refractivity contribution in [2.24, 2.45) is 11.3 Å². The first-order valence-corrected chi connectivity index (χ1v) is 4.43. The molecule has 1 saturated carbocycles. The van der Waals surface area contributed by atoms with E-state index in [0.29, 0.717) is 25.4 Å². The van der Waals surface area contributed by atoms with Crippen molar-refractivity contribution < 1.29 is 13.5 Å². The molecule has 2 aliphatic heterocycles. The van der Waals surface area contributed by atoms with E-state index >= 15 is 0 Å². The van der Waals surface area contributed by atoms with Crippen LogP contribution in [0.5, 0.6) is 0 Å². The first-order chi connectivity index (χ1) is 5.51. The Morgan fingerprint density at radius 1 is 1.25 bits per heavy atom. The maximum absolute atomic E-state index is 12.5. The minimum atomic E-state index is -2.30. The van der Waals surface area contributed by atoms with Crippen molar-refractivity contribution >= 4 is 0 Å². The molecule has 0 unspecified atom stereocenters. The zero-order valence-electron chi connectivity index (χ0n) is 7.44. The molecule has 1 nitrogen and oxygen atoms in total. The summed E-state index contributed by atoms with van der Waals surface area (Å²) in [5.74, 6) is 0.465. The Morgan fingerprint density at radius 2 is 1.83 bits per heavy atom. The summed E-state index contributed by atoms with van der Waals surface area (Å²) >= 11 is 0. The molecule has 70 valence electrons. The molecule has 2 bridgehead atoms. The summed E-state index contributed by atoms with van der Waals surface area (Å²) in [6, 6.07) is 0. The highest BCUT2D eigenvalue weighted by molar-refractivity contribution is 5.13. The molecule has 12 heavy (non-hydrogen) atoms. The SMILES string of the molecule is CC(C)C12COC(C(F)F)(C1)C2. The molecule has 0 amide bonds. The number of rotatable bonds is 2. The second-order valence-electron chi connectivity index (χ2n) is 4.52. The van der Waals surface area contributed by atoms with E-state index < -0.39 is 12.0 Å². The Kier molecular flexibility index (Phi) is 1.54. The highest BCUT2D eigenvalue weighted by Gasteiger charge is 2.67. The lowest BCUT2D eigenvalue weighted by atomic mass is 9.57. The standard InChI is InChI=1S/C9H14F2O/c1-6(2)8-3-9(4-8,7(10)11)12-5-8/h6-7H,3-5H2,1-2H3. The summed E-state index contributed by atoms with van der Waals surface area (Å²) in [5.41, 5.74) is -0.972. The third-order valence-corrected chi connectivity index (χ3v) is 3.57. The molecule has 1 aliphatic carbocycles. The van der Waals surface area contributed by atoms with Gasteiger partial charge in [0, 0.05) is 5.41 Å². The van der Waals surface area contributed by atoms with Crippen molar-refractivity contribution in [1.82, 2.24) is 0 Å². The summed E-state index contributed by atoms with van der Waals surface area (Å²) in [6.45, 7) is 4.71. The van der Waals surface area contributed by atoms with Crippen molar-refractivity contribution in [3.8, 4) is 0 Å². The van der Waals surface area contributed by atoms with Crippen molar-refractivity contribution in [1.29, 1.82) is 0 Å². The molecular formula is C9H14F2O. The highest BCUT2D eigenvalue weighted by atomic mass is 19.3. The minimum absolute atomic E-state index is 0.0798. The minimum Gasteiger partial charge on any atom is -0.368 e. The zero-order valence-corrected chi connectivity index (χ0v) is 7.44. The molecule has 0 spiro atoms. The molecular weight excluding hydrogens is 162 g/mol. The molecule has 3 rings (SSSR count). The molecule has 0 N–H and O–H groups in total. The fourth-order valence-electron chi connectivity index (χ4n) is 2.42. The van der Waals surface area contributed by atoms with E-state index in [4.69, 9.17) is 4.74 Å². The average molecular weight is 176 g/mol. The number of hydrogen-bond donors (Lipinski definition) is 0. The van der Waals surface area contributed by atoms with E-state index in [-0.39, 0.29) is 5.41 Å². The summed E-state index contributed by atoms with van der Waals surface area (Å²) < 4.78 is 30.1. The Labute approximate surface area is 71.1 Å². The summed E-state index contributed by atoms with van der Waals surface area (Å²) in [4.78, 5) is 0. The van der Waals surface area contributed by atoms with Crippen molar-refractivity contribution in [3.05, 3.63) is 0 Å². The van der Waals surface area contributed by atoms with E-state index in [1.807, 2.05) is 0 Å². The third kappa shape index (κ3) is 0.804. The lowest BCUT2D eigenvalue weighted by Gasteiger charge is -2.46. The van der Waals surface area contributed by atoms with Gasteiger partial charge in [0.15, 0.2) is 0 Å². The maximum Gasteiger partial charge on any atom is 0.267 e. The fourth-order valence-corrected chi connectivity index (χ4v) is 2.42. The Balaban J connectivity index is 2.10. The number of alkyl halides is 2. The van der Waals surface area contributed by atoms with Crippen LogP contribution in [0.25, 0.3) is 0 Å². The Bertz CT molecular complexity index is 175. The van der Waals surface area contributed by atoms with Crippen LogP contribution in [0.4, 0.5) is 8.78 Å². The van der Waals surface area contributed by atoms with Gasteiger partial charge in [0.05, 0.1) is 6.61 Å². The smallest absolute Gasteiger partial charge is 0.267 e. The zero-order chi connectivity index (χ0) is 8.98. The van der Waals surface area contributed by atoms with Gasteiger partial charge >= 0.3 is 0 Å². The Hall–Kier alpha value is -0.180. The summed E-state index contributed by atoms with van der Waals surface area (Å²) in [7, 11) is 0. The van der Waals surface area contributed by atoms with E-state index in [1.54, 1.807) is 0 Å². The van der Waals surface area contributed by atoms with Gasteiger partial charge in [-0.15, -0.1) is 0 Å². The van der Waals surface area contributed by atoms with Crippen LogP contribution in [0.1, 0.15) is 26.7 Å². The van der Waals surface area contributed by atoms with E-state index in [0.717, 1.165) is 0 Å². The second-order valence-corrected chi connectivity index (χ2v) is 4.52. The van der Waals surface area contributed by atoms with Gasteiger partial charge in [0.2, 0.25) is 0 Å². The Morgan fingerprint density at radius 3 is 2.08 bits per heavy atom. The van der Waals surface area contributed by atoms with E-state index in [2.05, 4.69) is 13.8 Å². The monoisotopic (exact) mass is 176 g/mol. The molecule has 3 heteroatoms. The molecule has 0 radical (unpaired) electrons. The third-order valence-electron chi connectivity index (χ3n) is 3.57. The number of halogens is 2. The molecule has 3 aliphatic rings. The van der Waals surface area contributed by atoms with Crippen LogP contribution in [0.15, 0.2) is 0 Å². The lowest BCUT2D eigenvalue weighted by Crippen LogP contribution is -2.51. The number of fused-ring (bicyclic) bond motifs is 1. The van der Waals surface area contributed by atoms with Gasteiger partial charge in [0.1, 0.15) is 5.60 Å². The first kappa shape index (κ1) is 8.42. The van der Waals surface area contributed by atoms with E-state index in [9.17, 15) is 8.78 Å². The lowest BCUT2D eigenvalue weighted by molar-refractivity contribution is -0.134. The van der Waals surface area contributed by atoms with Gasteiger partial charge in [-0.25, -0.2) is 8.78 Å². The van der Waals surface area contributed by atoms with Crippen LogP contribution < -0.4 is 0 Å². The molecule has 2 heterocycles. The van der Waals surface area contributed by atoms with Crippen LogP contribution in [-0.2, 0) is 4.74 Å². The maximum atomic E-state index is 12.5.